The molecule has 7 heteroatoms. The molecule has 1 saturated heterocycles. The third kappa shape index (κ3) is 4.71. The lowest BCUT2D eigenvalue weighted by atomic mass is 10.0. The quantitative estimate of drug-likeness (QED) is 0.769. The van der Waals surface area contributed by atoms with E-state index >= 15 is 0 Å². The van der Waals surface area contributed by atoms with Gasteiger partial charge in [0.1, 0.15) is 6.04 Å². The van der Waals surface area contributed by atoms with E-state index in [1.165, 1.54) is 11.8 Å². The standard InChI is InChI=1S/C20H18BrN3O2S/c21-17-4-2-1-3-16(17)19-20(26)23-9-10-24(19)18(25)13-27-12-15-7-5-14(11-22)6-8-15/h1-8,19H,9-10,12-13H2,(H,23,26)/t19-/m0/s1. The van der Waals surface area contributed by atoms with Gasteiger partial charge in [-0.05, 0) is 29.3 Å². The van der Waals surface area contributed by atoms with E-state index in [0.717, 1.165) is 15.6 Å². The van der Waals surface area contributed by atoms with E-state index < -0.39 is 6.04 Å². The van der Waals surface area contributed by atoms with Gasteiger partial charge in [0.15, 0.2) is 0 Å². The van der Waals surface area contributed by atoms with Crippen LogP contribution in [0.1, 0.15) is 22.7 Å². The number of hydrogen-bond acceptors (Lipinski definition) is 4. The first kappa shape index (κ1) is 19.5. The summed E-state index contributed by atoms with van der Waals surface area (Å²) < 4.78 is 0.815. The first-order valence-corrected chi connectivity index (χ1v) is 10.4. The van der Waals surface area contributed by atoms with Crippen LogP contribution in [0.3, 0.4) is 0 Å². The number of hydrogen-bond donors (Lipinski definition) is 1. The molecule has 1 aliphatic heterocycles. The first-order chi connectivity index (χ1) is 13.1. The number of rotatable bonds is 5. The van der Waals surface area contributed by atoms with Crippen LogP contribution in [-0.4, -0.2) is 35.6 Å². The predicted octanol–water partition coefficient (Wildman–Crippen LogP) is 3.25. The van der Waals surface area contributed by atoms with Gasteiger partial charge in [-0.3, -0.25) is 9.59 Å². The van der Waals surface area contributed by atoms with Crippen molar-refractivity contribution >= 4 is 39.5 Å². The van der Waals surface area contributed by atoms with Crippen molar-refractivity contribution in [2.24, 2.45) is 0 Å². The van der Waals surface area contributed by atoms with Crippen molar-refractivity contribution < 1.29 is 9.59 Å². The average molecular weight is 444 g/mol. The van der Waals surface area contributed by atoms with E-state index in [1.807, 2.05) is 36.4 Å². The lowest BCUT2D eigenvalue weighted by Crippen LogP contribution is -2.52. The number of thioether (sulfide) groups is 1. The molecule has 0 bridgehead atoms. The molecule has 2 amide bonds. The van der Waals surface area contributed by atoms with Crippen LogP contribution in [-0.2, 0) is 15.3 Å². The fraction of sp³-hybridized carbons (Fsp3) is 0.250. The number of piperazine rings is 1. The maximum absolute atomic E-state index is 12.8. The number of nitriles is 1. The summed E-state index contributed by atoms with van der Waals surface area (Å²) in [5.41, 5.74) is 2.47. The molecule has 0 spiro atoms. The molecule has 0 radical (unpaired) electrons. The topological polar surface area (TPSA) is 73.2 Å². The van der Waals surface area contributed by atoms with Crippen molar-refractivity contribution in [2.75, 3.05) is 18.8 Å². The second-order valence-corrected chi connectivity index (χ2v) is 7.94. The smallest absolute Gasteiger partial charge is 0.247 e. The molecule has 2 aromatic rings. The molecule has 0 unspecified atom stereocenters. The molecule has 2 aromatic carbocycles. The molecule has 5 nitrogen and oxygen atoms in total. The lowest BCUT2D eigenvalue weighted by molar-refractivity contribution is -0.141. The largest absolute Gasteiger partial charge is 0.352 e. The highest BCUT2D eigenvalue weighted by atomic mass is 79.9. The molecule has 0 aromatic heterocycles. The Morgan fingerprint density at radius 2 is 2.00 bits per heavy atom. The zero-order valence-electron chi connectivity index (χ0n) is 14.5. The van der Waals surface area contributed by atoms with Crippen molar-refractivity contribution in [1.29, 1.82) is 5.26 Å². The Labute approximate surface area is 170 Å². The van der Waals surface area contributed by atoms with Crippen molar-refractivity contribution in [3.8, 4) is 6.07 Å². The molecule has 1 N–H and O–H groups in total. The minimum absolute atomic E-state index is 0.0516. The van der Waals surface area contributed by atoms with E-state index in [2.05, 4.69) is 27.3 Å². The molecule has 3 rings (SSSR count). The molecule has 0 saturated carbocycles. The van der Waals surface area contributed by atoms with E-state index in [1.54, 1.807) is 17.0 Å². The Bertz CT molecular complexity index is 880. The molecule has 27 heavy (non-hydrogen) atoms. The number of halogens is 1. The van der Waals surface area contributed by atoms with Gasteiger partial charge in [-0.1, -0.05) is 46.3 Å². The maximum atomic E-state index is 12.8. The Morgan fingerprint density at radius 3 is 2.70 bits per heavy atom. The molecular formula is C20H18BrN3O2S. The fourth-order valence-corrected chi connectivity index (χ4v) is 4.33. The monoisotopic (exact) mass is 443 g/mol. The normalized spacial score (nSPS) is 16.5. The summed E-state index contributed by atoms with van der Waals surface area (Å²) in [4.78, 5) is 26.9. The highest BCUT2D eigenvalue weighted by molar-refractivity contribution is 9.10. The van der Waals surface area contributed by atoms with Crippen LogP contribution in [0.4, 0.5) is 0 Å². The van der Waals surface area contributed by atoms with Gasteiger partial charge >= 0.3 is 0 Å². The third-order valence-electron chi connectivity index (χ3n) is 4.31. The lowest BCUT2D eigenvalue weighted by Gasteiger charge is -2.35. The third-order valence-corrected chi connectivity index (χ3v) is 6.02. The van der Waals surface area contributed by atoms with Gasteiger partial charge in [0.25, 0.3) is 0 Å². The van der Waals surface area contributed by atoms with Gasteiger partial charge in [-0.25, -0.2) is 0 Å². The van der Waals surface area contributed by atoms with Gasteiger partial charge in [0.05, 0.1) is 17.4 Å². The molecule has 1 fully saturated rings. The summed E-state index contributed by atoms with van der Waals surface area (Å²) >= 11 is 4.99. The molecule has 0 aliphatic carbocycles. The Hall–Kier alpha value is -2.30. The number of carbonyl (C=O) groups excluding carboxylic acids is 2. The van der Waals surface area contributed by atoms with Gasteiger partial charge in [0, 0.05) is 23.3 Å². The SMILES string of the molecule is N#Cc1ccc(CSCC(=O)N2CCNC(=O)[C@@H]2c2ccccc2Br)cc1. The second-order valence-electron chi connectivity index (χ2n) is 6.10. The highest BCUT2D eigenvalue weighted by Crippen LogP contribution is 2.30. The van der Waals surface area contributed by atoms with Crippen molar-refractivity contribution in [1.82, 2.24) is 10.2 Å². The van der Waals surface area contributed by atoms with Crippen LogP contribution in [0.5, 0.6) is 0 Å². The maximum Gasteiger partial charge on any atom is 0.247 e. The van der Waals surface area contributed by atoms with Gasteiger partial charge < -0.3 is 10.2 Å². The minimum Gasteiger partial charge on any atom is -0.352 e. The fourth-order valence-electron chi connectivity index (χ4n) is 2.96. The summed E-state index contributed by atoms with van der Waals surface area (Å²) in [7, 11) is 0. The molecule has 1 atom stereocenters. The van der Waals surface area contributed by atoms with Crippen LogP contribution in [0.25, 0.3) is 0 Å². The van der Waals surface area contributed by atoms with Crippen molar-refractivity contribution in [2.45, 2.75) is 11.8 Å². The van der Waals surface area contributed by atoms with Crippen LogP contribution in [0.2, 0.25) is 0 Å². The number of carbonyl (C=O) groups is 2. The molecule has 138 valence electrons. The molecule has 1 heterocycles. The summed E-state index contributed by atoms with van der Waals surface area (Å²) in [6.45, 7) is 0.958. The van der Waals surface area contributed by atoms with E-state index in [9.17, 15) is 9.59 Å². The summed E-state index contributed by atoms with van der Waals surface area (Å²) in [5, 5.41) is 11.7. The molecule has 1 aliphatic rings. The second kappa shape index (κ2) is 9.07. The van der Waals surface area contributed by atoms with E-state index in [4.69, 9.17) is 5.26 Å². The number of nitrogens with one attached hydrogen (secondary N) is 1. The van der Waals surface area contributed by atoms with Crippen LogP contribution < -0.4 is 5.32 Å². The van der Waals surface area contributed by atoms with Crippen molar-refractivity contribution in [3.05, 3.63) is 69.7 Å². The Morgan fingerprint density at radius 1 is 1.26 bits per heavy atom. The van der Waals surface area contributed by atoms with Crippen LogP contribution >= 0.6 is 27.7 Å². The predicted molar refractivity (Wildman–Crippen MR) is 109 cm³/mol. The average Bonchev–Trinajstić information content (AvgIpc) is 2.69. The van der Waals surface area contributed by atoms with E-state index in [0.29, 0.717) is 30.2 Å². The van der Waals surface area contributed by atoms with Crippen molar-refractivity contribution in [3.63, 3.8) is 0 Å². The number of benzene rings is 2. The number of nitrogens with zero attached hydrogens (tertiary/aromatic N) is 2. The summed E-state index contributed by atoms with van der Waals surface area (Å²) in [5.74, 6) is 0.772. The minimum atomic E-state index is -0.614. The van der Waals surface area contributed by atoms with E-state index in [-0.39, 0.29) is 11.8 Å². The first-order valence-electron chi connectivity index (χ1n) is 8.48. The van der Waals surface area contributed by atoms with Crippen LogP contribution in [0.15, 0.2) is 53.0 Å². The zero-order valence-corrected chi connectivity index (χ0v) is 16.9. The van der Waals surface area contributed by atoms with Gasteiger partial charge in [-0.15, -0.1) is 11.8 Å². The molecular weight excluding hydrogens is 426 g/mol. The highest BCUT2D eigenvalue weighted by Gasteiger charge is 2.35. The van der Waals surface area contributed by atoms with Gasteiger partial charge in [0.2, 0.25) is 11.8 Å². The summed E-state index contributed by atoms with van der Waals surface area (Å²) in [6, 6.07) is 16.3. The Balaban J connectivity index is 1.65. The summed E-state index contributed by atoms with van der Waals surface area (Å²) in [6.07, 6.45) is 0. The number of amides is 2. The van der Waals surface area contributed by atoms with Gasteiger partial charge in [-0.2, -0.15) is 5.26 Å². The zero-order chi connectivity index (χ0) is 19.2. The Kier molecular flexibility index (Phi) is 6.54. The van der Waals surface area contributed by atoms with Crippen LogP contribution in [0, 0.1) is 11.3 Å².